The van der Waals surface area contributed by atoms with Crippen molar-refractivity contribution in [1.82, 2.24) is 9.38 Å². The van der Waals surface area contributed by atoms with Crippen LogP contribution >= 0.6 is 34.2 Å². The number of fused-ring (bicyclic) bond motifs is 1. The molecule has 0 amide bonds. The Labute approximate surface area is 129 Å². The maximum Gasteiger partial charge on any atom is 0.137 e. The van der Waals surface area contributed by atoms with Gasteiger partial charge in [0.2, 0.25) is 0 Å². The Balaban J connectivity index is 1.78. The van der Waals surface area contributed by atoms with Gasteiger partial charge in [-0.3, -0.25) is 0 Å². The van der Waals surface area contributed by atoms with E-state index in [4.69, 9.17) is 11.6 Å². The number of halogens is 2. The van der Waals surface area contributed by atoms with Gasteiger partial charge in [-0.1, -0.05) is 17.7 Å². The van der Waals surface area contributed by atoms with Crippen molar-refractivity contribution in [2.75, 3.05) is 5.32 Å². The molecule has 3 aromatic rings. The van der Waals surface area contributed by atoms with Gasteiger partial charge in [-0.25, -0.2) is 4.98 Å². The van der Waals surface area contributed by atoms with Gasteiger partial charge in [0.25, 0.3) is 0 Å². The Morgan fingerprint density at radius 2 is 2.11 bits per heavy atom. The molecule has 0 saturated carbocycles. The van der Waals surface area contributed by atoms with Crippen molar-refractivity contribution in [1.29, 1.82) is 0 Å². The fraction of sp³-hybridized carbons (Fsp3) is 0.0714. The molecule has 1 aromatic carbocycles. The summed E-state index contributed by atoms with van der Waals surface area (Å²) in [4.78, 5) is 4.53. The average Bonchev–Trinajstić information content (AvgIpc) is 2.78. The third-order valence-corrected chi connectivity index (χ3v) is 3.66. The van der Waals surface area contributed by atoms with Crippen molar-refractivity contribution >= 4 is 45.5 Å². The normalized spacial score (nSPS) is 10.8. The number of pyridine rings is 1. The van der Waals surface area contributed by atoms with Crippen molar-refractivity contribution in [3.63, 3.8) is 0 Å². The van der Waals surface area contributed by atoms with E-state index in [1.165, 1.54) is 3.57 Å². The third kappa shape index (κ3) is 3.01. The van der Waals surface area contributed by atoms with Crippen LogP contribution in [0.5, 0.6) is 0 Å². The second-order valence-corrected chi connectivity index (χ2v) is 5.89. The molecule has 2 heterocycles. The van der Waals surface area contributed by atoms with Gasteiger partial charge < -0.3 is 9.72 Å². The first-order chi connectivity index (χ1) is 9.20. The molecule has 0 fully saturated rings. The maximum absolute atomic E-state index is 5.95. The molecule has 0 aliphatic rings. The van der Waals surface area contributed by atoms with E-state index >= 15 is 0 Å². The monoisotopic (exact) mass is 383 g/mol. The Hall–Kier alpha value is -1.27. The van der Waals surface area contributed by atoms with E-state index in [1.54, 1.807) is 0 Å². The second kappa shape index (κ2) is 5.38. The highest BCUT2D eigenvalue weighted by Crippen LogP contribution is 2.15. The number of benzene rings is 1. The van der Waals surface area contributed by atoms with E-state index in [1.807, 2.05) is 35.0 Å². The van der Waals surface area contributed by atoms with Crippen LogP contribution in [0.2, 0.25) is 5.02 Å². The van der Waals surface area contributed by atoms with Gasteiger partial charge in [0.05, 0.1) is 17.3 Å². The molecule has 3 rings (SSSR count). The lowest BCUT2D eigenvalue weighted by molar-refractivity contribution is 1.08. The lowest BCUT2D eigenvalue weighted by Gasteiger charge is -2.04. The Kier molecular flexibility index (Phi) is 3.61. The number of imidazole rings is 1. The van der Waals surface area contributed by atoms with Crippen LogP contribution in [0.1, 0.15) is 5.69 Å². The third-order valence-electron chi connectivity index (χ3n) is 2.76. The fourth-order valence-electron chi connectivity index (χ4n) is 1.89. The van der Waals surface area contributed by atoms with Crippen LogP contribution in [0.15, 0.2) is 48.8 Å². The van der Waals surface area contributed by atoms with Gasteiger partial charge >= 0.3 is 0 Å². The first-order valence-corrected chi connectivity index (χ1v) is 7.29. The molecule has 1 N–H and O–H groups in total. The number of rotatable bonds is 3. The summed E-state index contributed by atoms with van der Waals surface area (Å²) in [6.07, 6.45) is 3.85. The Bertz CT molecular complexity index is 724. The van der Waals surface area contributed by atoms with Gasteiger partial charge in [0.1, 0.15) is 5.65 Å². The summed E-state index contributed by atoms with van der Waals surface area (Å²) < 4.78 is 3.15. The number of aromatic nitrogens is 2. The molecule has 0 aliphatic heterocycles. The molecule has 0 aliphatic carbocycles. The molecule has 2 aromatic heterocycles. The quantitative estimate of drug-likeness (QED) is 0.687. The van der Waals surface area contributed by atoms with Crippen LogP contribution in [0.4, 0.5) is 5.69 Å². The summed E-state index contributed by atoms with van der Waals surface area (Å²) in [5.41, 5.74) is 2.99. The Morgan fingerprint density at radius 1 is 1.21 bits per heavy atom. The van der Waals surface area contributed by atoms with Gasteiger partial charge in [-0.05, 0) is 52.9 Å². The molecule has 0 unspecified atom stereocenters. The highest BCUT2D eigenvalue weighted by atomic mass is 127. The van der Waals surface area contributed by atoms with Crippen LogP contribution in [-0.2, 0) is 6.54 Å². The summed E-state index contributed by atoms with van der Waals surface area (Å²) in [5, 5.41) is 4.07. The predicted molar refractivity (Wildman–Crippen MR) is 86.7 cm³/mol. The highest BCUT2D eigenvalue weighted by Gasteiger charge is 2.02. The molecular weight excluding hydrogens is 373 g/mol. The predicted octanol–water partition coefficient (Wildman–Crippen LogP) is 4.20. The second-order valence-electron chi connectivity index (χ2n) is 4.21. The zero-order chi connectivity index (χ0) is 13.2. The number of hydrogen-bond acceptors (Lipinski definition) is 2. The van der Waals surface area contributed by atoms with Crippen molar-refractivity contribution in [2.45, 2.75) is 6.54 Å². The summed E-state index contributed by atoms with van der Waals surface area (Å²) >= 11 is 8.25. The van der Waals surface area contributed by atoms with Gasteiger partial charge in [0, 0.05) is 21.7 Å². The molecule has 3 nitrogen and oxygen atoms in total. The average molecular weight is 384 g/mol. The largest absolute Gasteiger partial charge is 0.379 e. The number of hydrogen-bond donors (Lipinski definition) is 1. The molecule has 5 heteroatoms. The maximum atomic E-state index is 5.95. The van der Waals surface area contributed by atoms with E-state index in [-0.39, 0.29) is 0 Å². The van der Waals surface area contributed by atoms with Crippen molar-refractivity contribution in [3.8, 4) is 0 Å². The minimum absolute atomic E-state index is 0.694. The minimum atomic E-state index is 0.694. The van der Waals surface area contributed by atoms with E-state index in [0.717, 1.165) is 17.0 Å². The zero-order valence-corrected chi connectivity index (χ0v) is 12.9. The smallest absolute Gasteiger partial charge is 0.137 e. The summed E-state index contributed by atoms with van der Waals surface area (Å²) in [6.45, 7) is 0.694. The van der Waals surface area contributed by atoms with Crippen molar-refractivity contribution in [3.05, 3.63) is 63.1 Å². The van der Waals surface area contributed by atoms with Crippen LogP contribution in [-0.4, -0.2) is 9.38 Å². The van der Waals surface area contributed by atoms with Gasteiger partial charge in [-0.2, -0.15) is 0 Å². The van der Waals surface area contributed by atoms with Gasteiger partial charge in [0.15, 0.2) is 0 Å². The summed E-state index contributed by atoms with van der Waals surface area (Å²) in [5.74, 6) is 0. The lowest BCUT2D eigenvalue weighted by Crippen LogP contribution is -1.99. The summed E-state index contributed by atoms with van der Waals surface area (Å²) in [7, 11) is 0. The van der Waals surface area contributed by atoms with E-state index < -0.39 is 0 Å². The van der Waals surface area contributed by atoms with Crippen LogP contribution in [0.25, 0.3) is 5.65 Å². The fourth-order valence-corrected chi connectivity index (χ4v) is 2.60. The molecule has 0 saturated heterocycles. The van der Waals surface area contributed by atoms with E-state index in [0.29, 0.717) is 11.6 Å². The molecule has 0 bridgehead atoms. The van der Waals surface area contributed by atoms with E-state index in [2.05, 4.69) is 51.1 Å². The van der Waals surface area contributed by atoms with Crippen LogP contribution in [0, 0.1) is 3.57 Å². The lowest BCUT2D eigenvalue weighted by atomic mass is 10.3. The number of nitrogens with zero attached hydrogens (tertiary/aromatic N) is 2. The zero-order valence-electron chi connectivity index (χ0n) is 9.98. The topological polar surface area (TPSA) is 29.3 Å². The highest BCUT2D eigenvalue weighted by molar-refractivity contribution is 14.1. The van der Waals surface area contributed by atoms with Crippen molar-refractivity contribution in [2.24, 2.45) is 0 Å². The molecule has 96 valence electrons. The first kappa shape index (κ1) is 12.7. The van der Waals surface area contributed by atoms with Crippen LogP contribution in [0.3, 0.4) is 0 Å². The number of nitrogens with one attached hydrogen (secondary N) is 1. The first-order valence-electron chi connectivity index (χ1n) is 5.83. The standard InChI is InChI=1S/C14H11ClIN3/c15-10-4-5-14-18-13(9-19(14)8-10)7-17-12-3-1-2-11(16)6-12/h1-6,8-9,17H,7H2. The molecule has 0 spiro atoms. The molecular formula is C14H11ClIN3. The Morgan fingerprint density at radius 3 is 2.95 bits per heavy atom. The SMILES string of the molecule is Clc1ccc2nc(CNc3cccc(I)c3)cn2c1. The number of anilines is 1. The molecule has 0 radical (unpaired) electrons. The minimum Gasteiger partial charge on any atom is -0.379 e. The van der Waals surface area contributed by atoms with Crippen LogP contribution < -0.4 is 5.32 Å². The van der Waals surface area contributed by atoms with Crippen molar-refractivity contribution < 1.29 is 0 Å². The van der Waals surface area contributed by atoms with Gasteiger partial charge in [-0.15, -0.1) is 0 Å². The molecule has 0 atom stereocenters. The molecule has 19 heavy (non-hydrogen) atoms. The summed E-state index contributed by atoms with van der Waals surface area (Å²) in [6, 6.07) is 12.0. The van der Waals surface area contributed by atoms with E-state index in [9.17, 15) is 0 Å².